The summed E-state index contributed by atoms with van der Waals surface area (Å²) in [5.41, 5.74) is 1.01. The summed E-state index contributed by atoms with van der Waals surface area (Å²) in [6.45, 7) is 2.59. The van der Waals surface area contributed by atoms with Gasteiger partial charge in [-0.05, 0) is 18.6 Å². The largest absolute Gasteiger partial charge is 0.495 e. The molecule has 0 bridgehead atoms. The molecule has 0 aliphatic rings. The van der Waals surface area contributed by atoms with Gasteiger partial charge in [-0.2, -0.15) is 0 Å². The molecule has 1 aromatic carbocycles. The van der Waals surface area contributed by atoms with Crippen LogP contribution in [0.1, 0.15) is 13.3 Å². The molecule has 1 N–H and O–H groups in total. The molecule has 0 spiro atoms. The second kappa shape index (κ2) is 5.61. The van der Waals surface area contributed by atoms with E-state index in [-0.39, 0.29) is 6.10 Å². The van der Waals surface area contributed by atoms with Gasteiger partial charge in [-0.3, -0.25) is 0 Å². The van der Waals surface area contributed by atoms with E-state index in [1.807, 2.05) is 43.1 Å². The molecule has 0 aromatic heterocycles. The number of nitrogens with zero attached hydrogens (tertiary/aromatic N) is 1. The minimum Gasteiger partial charge on any atom is -0.495 e. The molecule has 1 atom stereocenters. The van der Waals surface area contributed by atoms with Crippen molar-refractivity contribution in [3.05, 3.63) is 24.3 Å². The van der Waals surface area contributed by atoms with Crippen LogP contribution in [0.2, 0.25) is 0 Å². The fraction of sp³-hybridized carbons (Fsp3) is 0.500. The van der Waals surface area contributed by atoms with Crippen molar-refractivity contribution in [2.45, 2.75) is 19.4 Å². The maximum absolute atomic E-state index is 9.57. The first-order chi connectivity index (χ1) is 7.19. The second-order valence-electron chi connectivity index (χ2n) is 3.61. The minimum atomic E-state index is -0.292. The topological polar surface area (TPSA) is 32.7 Å². The SMILES string of the molecule is CCC(O)CN(C)c1ccccc1OC. The zero-order valence-electron chi connectivity index (χ0n) is 9.60. The Hall–Kier alpha value is -1.22. The quantitative estimate of drug-likeness (QED) is 0.804. The summed E-state index contributed by atoms with van der Waals surface area (Å²) in [6, 6.07) is 7.81. The highest BCUT2D eigenvalue weighted by molar-refractivity contribution is 5.57. The van der Waals surface area contributed by atoms with Crippen molar-refractivity contribution in [1.82, 2.24) is 0 Å². The minimum absolute atomic E-state index is 0.292. The van der Waals surface area contributed by atoms with Gasteiger partial charge in [-0.15, -0.1) is 0 Å². The van der Waals surface area contributed by atoms with Crippen molar-refractivity contribution < 1.29 is 9.84 Å². The molecule has 1 aromatic rings. The highest BCUT2D eigenvalue weighted by Crippen LogP contribution is 2.26. The molecule has 84 valence electrons. The van der Waals surface area contributed by atoms with Crippen LogP contribution in [0.3, 0.4) is 0 Å². The van der Waals surface area contributed by atoms with E-state index in [0.717, 1.165) is 17.9 Å². The van der Waals surface area contributed by atoms with Crippen LogP contribution in [-0.4, -0.2) is 31.9 Å². The first kappa shape index (κ1) is 11.9. The zero-order chi connectivity index (χ0) is 11.3. The first-order valence-corrected chi connectivity index (χ1v) is 5.21. The van der Waals surface area contributed by atoms with Gasteiger partial charge in [0.1, 0.15) is 5.75 Å². The number of likely N-dealkylation sites (N-methyl/N-ethyl adjacent to an activating group) is 1. The Morgan fingerprint density at radius 2 is 2.07 bits per heavy atom. The standard InChI is InChI=1S/C12H19NO2/c1-4-10(14)9-13(2)11-7-5-6-8-12(11)15-3/h5-8,10,14H,4,9H2,1-3H3. The molecule has 0 saturated heterocycles. The molecule has 0 amide bonds. The third-order valence-corrected chi connectivity index (χ3v) is 2.45. The maximum Gasteiger partial charge on any atom is 0.142 e. The molecule has 0 aliphatic heterocycles. The number of aliphatic hydroxyl groups excluding tert-OH is 1. The molecule has 1 unspecified atom stereocenters. The lowest BCUT2D eigenvalue weighted by Gasteiger charge is -2.23. The zero-order valence-corrected chi connectivity index (χ0v) is 9.60. The van der Waals surface area contributed by atoms with Gasteiger partial charge in [0.25, 0.3) is 0 Å². The van der Waals surface area contributed by atoms with Gasteiger partial charge >= 0.3 is 0 Å². The number of aliphatic hydroxyl groups is 1. The second-order valence-corrected chi connectivity index (χ2v) is 3.61. The summed E-state index contributed by atoms with van der Waals surface area (Å²) in [7, 11) is 3.61. The van der Waals surface area contributed by atoms with Crippen LogP contribution in [0, 0.1) is 0 Å². The Kier molecular flexibility index (Phi) is 4.43. The molecule has 15 heavy (non-hydrogen) atoms. The molecular formula is C12H19NO2. The Balaban J connectivity index is 2.76. The highest BCUT2D eigenvalue weighted by atomic mass is 16.5. The van der Waals surface area contributed by atoms with Gasteiger partial charge in [0.2, 0.25) is 0 Å². The van der Waals surface area contributed by atoms with E-state index in [2.05, 4.69) is 0 Å². The Labute approximate surface area is 91.3 Å². The third-order valence-electron chi connectivity index (χ3n) is 2.45. The predicted molar refractivity (Wildman–Crippen MR) is 62.6 cm³/mol. The van der Waals surface area contributed by atoms with Crippen LogP contribution in [0.5, 0.6) is 5.75 Å². The van der Waals surface area contributed by atoms with E-state index in [4.69, 9.17) is 4.74 Å². The molecule has 3 nitrogen and oxygen atoms in total. The lowest BCUT2D eigenvalue weighted by atomic mass is 10.2. The van der Waals surface area contributed by atoms with E-state index >= 15 is 0 Å². The number of ether oxygens (including phenoxy) is 1. The molecule has 0 heterocycles. The van der Waals surface area contributed by atoms with Gasteiger partial charge < -0.3 is 14.7 Å². The number of para-hydroxylation sites is 2. The highest BCUT2D eigenvalue weighted by Gasteiger charge is 2.10. The normalized spacial score (nSPS) is 12.3. The average Bonchev–Trinajstić information content (AvgIpc) is 2.28. The lowest BCUT2D eigenvalue weighted by molar-refractivity contribution is 0.177. The Bertz CT molecular complexity index is 301. The van der Waals surface area contributed by atoms with Crippen LogP contribution in [0.4, 0.5) is 5.69 Å². The van der Waals surface area contributed by atoms with Crippen molar-refractivity contribution >= 4 is 5.69 Å². The van der Waals surface area contributed by atoms with E-state index < -0.39 is 0 Å². The molecule has 1 rings (SSSR count). The van der Waals surface area contributed by atoms with Crippen LogP contribution in [-0.2, 0) is 0 Å². The van der Waals surface area contributed by atoms with E-state index in [1.165, 1.54) is 0 Å². The summed E-state index contributed by atoms with van der Waals surface area (Å²) in [4.78, 5) is 2.01. The van der Waals surface area contributed by atoms with E-state index in [1.54, 1.807) is 7.11 Å². The van der Waals surface area contributed by atoms with Crippen molar-refractivity contribution in [1.29, 1.82) is 0 Å². The van der Waals surface area contributed by atoms with Crippen LogP contribution >= 0.6 is 0 Å². The van der Waals surface area contributed by atoms with Gasteiger partial charge in [-0.1, -0.05) is 19.1 Å². The van der Waals surface area contributed by atoms with E-state index in [0.29, 0.717) is 6.54 Å². The van der Waals surface area contributed by atoms with Crippen LogP contribution < -0.4 is 9.64 Å². The van der Waals surface area contributed by atoms with Crippen molar-refractivity contribution in [2.75, 3.05) is 25.6 Å². The van der Waals surface area contributed by atoms with E-state index in [9.17, 15) is 5.11 Å². The first-order valence-electron chi connectivity index (χ1n) is 5.21. The molecule has 0 radical (unpaired) electrons. The van der Waals surface area contributed by atoms with Crippen LogP contribution in [0.25, 0.3) is 0 Å². The predicted octanol–water partition coefficient (Wildman–Crippen LogP) is 1.90. The Morgan fingerprint density at radius 1 is 1.40 bits per heavy atom. The Morgan fingerprint density at radius 3 is 2.67 bits per heavy atom. The lowest BCUT2D eigenvalue weighted by Crippen LogP contribution is -2.28. The number of hydrogen-bond donors (Lipinski definition) is 1. The average molecular weight is 209 g/mol. The third kappa shape index (κ3) is 3.13. The molecule has 0 aliphatic carbocycles. The fourth-order valence-electron chi connectivity index (χ4n) is 1.49. The van der Waals surface area contributed by atoms with Gasteiger partial charge in [-0.25, -0.2) is 0 Å². The summed E-state index contributed by atoms with van der Waals surface area (Å²) >= 11 is 0. The monoisotopic (exact) mass is 209 g/mol. The summed E-state index contributed by atoms with van der Waals surface area (Å²) < 4.78 is 5.26. The van der Waals surface area contributed by atoms with Crippen molar-refractivity contribution in [3.8, 4) is 5.75 Å². The van der Waals surface area contributed by atoms with Gasteiger partial charge in [0.05, 0.1) is 18.9 Å². The van der Waals surface area contributed by atoms with Crippen LogP contribution in [0.15, 0.2) is 24.3 Å². The molecule has 3 heteroatoms. The smallest absolute Gasteiger partial charge is 0.142 e. The number of hydrogen-bond acceptors (Lipinski definition) is 3. The van der Waals surface area contributed by atoms with Crippen molar-refractivity contribution in [2.24, 2.45) is 0 Å². The number of benzene rings is 1. The van der Waals surface area contributed by atoms with Gasteiger partial charge in [0.15, 0.2) is 0 Å². The molecule has 0 saturated carbocycles. The number of methoxy groups -OCH3 is 1. The van der Waals surface area contributed by atoms with Gasteiger partial charge in [0, 0.05) is 13.6 Å². The summed E-state index contributed by atoms with van der Waals surface area (Å²) in [6.07, 6.45) is 0.472. The maximum atomic E-state index is 9.57. The molecule has 0 fully saturated rings. The summed E-state index contributed by atoms with van der Waals surface area (Å²) in [5.74, 6) is 0.836. The summed E-state index contributed by atoms with van der Waals surface area (Å²) in [5, 5.41) is 9.57. The number of rotatable bonds is 5. The number of anilines is 1. The molecular weight excluding hydrogens is 190 g/mol. The fourth-order valence-corrected chi connectivity index (χ4v) is 1.49. The van der Waals surface area contributed by atoms with Crippen molar-refractivity contribution in [3.63, 3.8) is 0 Å².